The van der Waals surface area contributed by atoms with Gasteiger partial charge in [0.25, 0.3) is 0 Å². The van der Waals surface area contributed by atoms with Gasteiger partial charge in [-0.25, -0.2) is 4.79 Å². The van der Waals surface area contributed by atoms with E-state index in [1.54, 1.807) is 0 Å². The number of rotatable bonds is 7. The second kappa shape index (κ2) is 9.02. The molecule has 0 amide bonds. The van der Waals surface area contributed by atoms with E-state index in [0.29, 0.717) is 30.8 Å². The number of fused-ring (bicyclic) bond motifs is 3. The maximum Gasteiger partial charge on any atom is 0.340 e. The third-order valence-corrected chi connectivity index (χ3v) is 5.59. The van der Waals surface area contributed by atoms with E-state index in [1.165, 1.54) is 0 Å². The lowest BCUT2D eigenvalue weighted by atomic mass is 9.98. The molecule has 5 nitrogen and oxygen atoms in total. The minimum atomic E-state index is -0.264. The van der Waals surface area contributed by atoms with Crippen molar-refractivity contribution in [2.24, 2.45) is 0 Å². The van der Waals surface area contributed by atoms with Crippen molar-refractivity contribution >= 4 is 11.0 Å². The Labute approximate surface area is 177 Å². The molecule has 5 heteroatoms. The Hall–Kier alpha value is -2.63. The van der Waals surface area contributed by atoms with Crippen LogP contribution in [0.3, 0.4) is 0 Å². The summed E-state index contributed by atoms with van der Waals surface area (Å²) >= 11 is 0. The fourth-order valence-electron chi connectivity index (χ4n) is 3.96. The number of ether oxygens (including phenoxy) is 2. The van der Waals surface area contributed by atoms with Crippen molar-refractivity contribution < 1.29 is 13.9 Å². The van der Waals surface area contributed by atoms with Gasteiger partial charge in [0.2, 0.25) is 0 Å². The van der Waals surface area contributed by atoms with Crippen LogP contribution in [0.4, 0.5) is 0 Å². The molecule has 0 fully saturated rings. The smallest absolute Gasteiger partial charge is 0.340 e. The predicted molar refractivity (Wildman–Crippen MR) is 118 cm³/mol. The second-order valence-electron chi connectivity index (χ2n) is 8.17. The average molecular weight is 408 g/mol. The molecule has 0 atom stereocenters. The van der Waals surface area contributed by atoms with Crippen LogP contribution in [-0.2, 0) is 17.7 Å². The highest BCUT2D eigenvalue weighted by Gasteiger charge is 2.23. The minimum Gasteiger partial charge on any atom is -0.478 e. The molecule has 1 aliphatic rings. The van der Waals surface area contributed by atoms with Crippen LogP contribution in [0.1, 0.15) is 42.5 Å². The number of hydrogen-bond donors (Lipinski definition) is 0. The van der Waals surface area contributed by atoms with Crippen molar-refractivity contribution in [1.29, 1.82) is 0 Å². The fraction of sp³-hybridized carbons (Fsp3) is 0.400. The van der Waals surface area contributed by atoms with Crippen molar-refractivity contribution in [1.82, 2.24) is 4.90 Å². The van der Waals surface area contributed by atoms with Crippen molar-refractivity contribution in [3.8, 4) is 5.75 Å². The summed E-state index contributed by atoms with van der Waals surface area (Å²) in [6.07, 6.45) is 1.75. The molecule has 0 radical (unpaired) electrons. The highest BCUT2D eigenvalue weighted by atomic mass is 16.5. The first-order chi connectivity index (χ1) is 14.5. The zero-order valence-corrected chi connectivity index (χ0v) is 17.9. The Morgan fingerprint density at radius 1 is 1.13 bits per heavy atom. The lowest BCUT2D eigenvalue weighted by Crippen LogP contribution is -2.33. The summed E-state index contributed by atoms with van der Waals surface area (Å²) in [6.45, 7) is 8.94. The van der Waals surface area contributed by atoms with Crippen LogP contribution in [0.2, 0.25) is 0 Å². The van der Waals surface area contributed by atoms with Gasteiger partial charge in [-0.3, -0.25) is 4.90 Å². The highest BCUT2D eigenvalue weighted by molar-refractivity contribution is 5.86. The SMILES string of the molecule is Cc1c(Cc2ccccc2)c(=O)oc2c3c(ccc12)OCN(CCCOC(C)C)C3. The van der Waals surface area contributed by atoms with Crippen molar-refractivity contribution in [2.75, 3.05) is 19.9 Å². The van der Waals surface area contributed by atoms with Crippen LogP contribution in [0.25, 0.3) is 11.0 Å². The summed E-state index contributed by atoms with van der Waals surface area (Å²) in [6, 6.07) is 14.0. The third-order valence-electron chi connectivity index (χ3n) is 5.59. The summed E-state index contributed by atoms with van der Waals surface area (Å²) in [4.78, 5) is 15.1. The highest BCUT2D eigenvalue weighted by Crippen LogP contribution is 2.34. The number of hydrogen-bond acceptors (Lipinski definition) is 5. The molecule has 1 aliphatic heterocycles. The molecule has 0 unspecified atom stereocenters. The van der Waals surface area contributed by atoms with Crippen LogP contribution in [0.5, 0.6) is 5.75 Å². The van der Waals surface area contributed by atoms with Crippen LogP contribution < -0.4 is 10.4 Å². The molecule has 0 bridgehead atoms. The molecule has 3 aromatic rings. The molecule has 0 saturated heterocycles. The quantitative estimate of drug-likeness (QED) is 0.421. The van der Waals surface area contributed by atoms with Gasteiger partial charge >= 0.3 is 5.63 Å². The third kappa shape index (κ3) is 4.42. The molecule has 2 heterocycles. The van der Waals surface area contributed by atoms with E-state index < -0.39 is 0 Å². The number of aryl methyl sites for hydroxylation is 1. The van der Waals surface area contributed by atoms with Crippen molar-refractivity contribution in [2.45, 2.75) is 46.3 Å². The molecule has 2 aromatic carbocycles. The fourth-order valence-corrected chi connectivity index (χ4v) is 3.96. The molecule has 158 valence electrons. The predicted octanol–water partition coefficient (Wildman–Crippen LogP) is 4.66. The Bertz CT molecular complexity index is 1070. The summed E-state index contributed by atoms with van der Waals surface area (Å²) in [5.41, 5.74) is 4.14. The van der Waals surface area contributed by atoms with Gasteiger partial charge in [0.1, 0.15) is 18.1 Å². The first kappa shape index (κ1) is 20.6. The summed E-state index contributed by atoms with van der Waals surface area (Å²) in [5.74, 6) is 0.801. The van der Waals surface area contributed by atoms with Gasteiger partial charge in [-0.1, -0.05) is 30.3 Å². The summed E-state index contributed by atoms with van der Waals surface area (Å²) < 4.78 is 17.5. The lowest BCUT2D eigenvalue weighted by molar-refractivity contribution is 0.0525. The van der Waals surface area contributed by atoms with Crippen LogP contribution in [0, 0.1) is 6.92 Å². The maximum absolute atomic E-state index is 12.9. The second-order valence-corrected chi connectivity index (χ2v) is 8.17. The molecule has 0 spiro atoms. The van der Waals surface area contributed by atoms with Gasteiger partial charge in [-0.2, -0.15) is 0 Å². The van der Waals surface area contributed by atoms with E-state index in [1.807, 2.05) is 63.2 Å². The van der Waals surface area contributed by atoms with Crippen LogP contribution in [0.15, 0.2) is 51.7 Å². The monoisotopic (exact) mass is 407 g/mol. The normalized spacial score (nSPS) is 14.1. The van der Waals surface area contributed by atoms with Gasteiger partial charge < -0.3 is 13.9 Å². The maximum atomic E-state index is 12.9. The molecule has 1 aromatic heterocycles. The van der Waals surface area contributed by atoms with Gasteiger partial charge in [-0.15, -0.1) is 0 Å². The molecule has 0 saturated carbocycles. The van der Waals surface area contributed by atoms with E-state index in [0.717, 1.165) is 47.4 Å². The summed E-state index contributed by atoms with van der Waals surface area (Å²) in [5, 5.41) is 0.980. The first-order valence-electron chi connectivity index (χ1n) is 10.6. The Kier molecular flexibility index (Phi) is 6.21. The molecule has 0 N–H and O–H groups in total. The Morgan fingerprint density at radius 2 is 1.93 bits per heavy atom. The molecule has 30 heavy (non-hydrogen) atoms. The standard InChI is InChI=1S/C25H29NO4/c1-17(2)28-13-7-12-26-15-22-23(29-16-26)11-10-20-18(3)21(25(27)30-24(20)22)14-19-8-5-4-6-9-19/h4-6,8-11,17H,7,12-16H2,1-3H3. The van der Waals surface area contributed by atoms with Crippen LogP contribution in [-0.4, -0.2) is 30.9 Å². The van der Waals surface area contributed by atoms with E-state index in [9.17, 15) is 4.79 Å². The van der Waals surface area contributed by atoms with Gasteiger partial charge in [0, 0.05) is 37.1 Å². The summed E-state index contributed by atoms with van der Waals surface area (Å²) in [7, 11) is 0. The first-order valence-corrected chi connectivity index (χ1v) is 10.6. The van der Waals surface area contributed by atoms with E-state index >= 15 is 0 Å². The van der Waals surface area contributed by atoms with Gasteiger partial charge in [-0.05, 0) is 50.5 Å². The number of nitrogens with zero attached hydrogens (tertiary/aromatic N) is 1. The van der Waals surface area contributed by atoms with Crippen molar-refractivity contribution in [3.05, 3.63) is 75.1 Å². The zero-order valence-electron chi connectivity index (χ0n) is 17.9. The van der Waals surface area contributed by atoms with Crippen molar-refractivity contribution in [3.63, 3.8) is 0 Å². The topological polar surface area (TPSA) is 51.9 Å². The lowest BCUT2D eigenvalue weighted by Gasteiger charge is -2.29. The Balaban J connectivity index is 1.60. The largest absolute Gasteiger partial charge is 0.478 e. The molecular formula is C25H29NO4. The van der Waals surface area contributed by atoms with E-state index in [-0.39, 0.29) is 11.7 Å². The minimum absolute atomic E-state index is 0.245. The van der Waals surface area contributed by atoms with E-state index in [4.69, 9.17) is 13.9 Å². The van der Waals surface area contributed by atoms with Gasteiger partial charge in [0.15, 0.2) is 0 Å². The molecule has 4 rings (SSSR count). The number of benzene rings is 2. The van der Waals surface area contributed by atoms with Crippen LogP contribution >= 0.6 is 0 Å². The van der Waals surface area contributed by atoms with Gasteiger partial charge in [0.05, 0.1) is 11.7 Å². The zero-order chi connectivity index (χ0) is 21.1. The molecule has 0 aliphatic carbocycles. The molecular weight excluding hydrogens is 378 g/mol. The van der Waals surface area contributed by atoms with E-state index in [2.05, 4.69) is 4.90 Å². The Morgan fingerprint density at radius 3 is 2.70 bits per heavy atom. The average Bonchev–Trinajstić information content (AvgIpc) is 2.74.